The predicted octanol–water partition coefficient (Wildman–Crippen LogP) is 1.74. The van der Waals surface area contributed by atoms with Crippen LogP contribution in [-0.2, 0) is 14.3 Å². The molecule has 208 valence electrons. The number of aldehydes is 1. The van der Waals surface area contributed by atoms with E-state index in [0.29, 0.717) is 54.9 Å². The first kappa shape index (κ1) is 29.3. The fraction of sp³-hybridized carbons (Fsp3) is 0.536. The summed E-state index contributed by atoms with van der Waals surface area (Å²) in [5.41, 5.74) is 1.15. The van der Waals surface area contributed by atoms with Gasteiger partial charge in [0.2, 0.25) is 11.8 Å². The Labute approximate surface area is 223 Å². The van der Waals surface area contributed by atoms with Crippen molar-refractivity contribution >= 4 is 18.1 Å². The molecule has 0 saturated carbocycles. The van der Waals surface area contributed by atoms with Crippen LogP contribution in [0.4, 0.5) is 0 Å². The van der Waals surface area contributed by atoms with Crippen LogP contribution in [0.5, 0.6) is 11.5 Å². The molecule has 1 aliphatic carbocycles. The summed E-state index contributed by atoms with van der Waals surface area (Å²) in [4.78, 5) is 39.7. The van der Waals surface area contributed by atoms with Crippen molar-refractivity contribution in [2.24, 2.45) is 0 Å². The van der Waals surface area contributed by atoms with Gasteiger partial charge in [0.05, 0.1) is 31.8 Å². The Kier molecular flexibility index (Phi) is 10.5. The van der Waals surface area contributed by atoms with Crippen molar-refractivity contribution in [3.63, 3.8) is 0 Å². The SMILES string of the molecule is C=CCCC(=O)N(CCCOC(C)C)C1C=C(C(=O)NCCO)C2c3cc(C=O)cc(OC)c3OC2C1O. The molecule has 2 amide bonds. The number of nitrogens with zero attached hydrogens (tertiary/aromatic N) is 1. The first-order chi connectivity index (χ1) is 18.3. The molecule has 2 aliphatic rings. The van der Waals surface area contributed by atoms with Crippen LogP contribution >= 0.6 is 0 Å². The number of fused-ring (bicyclic) bond motifs is 3. The lowest BCUT2D eigenvalue weighted by molar-refractivity contribution is -0.137. The third-order valence-corrected chi connectivity index (χ3v) is 6.65. The van der Waals surface area contributed by atoms with Gasteiger partial charge in [-0.05, 0) is 44.9 Å². The van der Waals surface area contributed by atoms with Crippen LogP contribution in [0.1, 0.15) is 54.9 Å². The first-order valence-electron chi connectivity index (χ1n) is 12.9. The van der Waals surface area contributed by atoms with Gasteiger partial charge in [-0.15, -0.1) is 6.58 Å². The molecule has 10 nitrogen and oxygen atoms in total. The van der Waals surface area contributed by atoms with Crippen LogP contribution in [0.3, 0.4) is 0 Å². The molecule has 38 heavy (non-hydrogen) atoms. The van der Waals surface area contributed by atoms with Crippen molar-refractivity contribution in [1.82, 2.24) is 10.2 Å². The minimum Gasteiger partial charge on any atom is -0.493 e. The number of hydrogen-bond donors (Lipinski definition) is 3. The van der Waals surface area contributed by atoms with E-state index >= 15 is 0 Å². The third-order valence-electron chi connectivity index (χ3n) is 6.65. The summed E-state index contributed by atoms with van der Waals surface area (Å²) >= 11 is 0. The Balaban J connectivity index is 2.05. The summed E-state index contributed by atoms with van der Waals surface area (Å²) in [6, 6.07) is 2.29. The largest absolute Gasteiger partial charge is 0.493 e. The van der Waals surface area contributed by atoms with Crippen LogP contribution in [0.15, 0.2) is 36.4 Å². The molecule has 0 saturated heterocycles. The minimum absolute atomic E-state index is 0.0285. The van der Waals surface area contributed by atoms with Crippen LogP contribution < -0.4 is 14.8 Å². The summed E-state index contributed by atoms with van der Waals surface area (Å²) < 4.78 is 17.3. The van der Waals surface area contributed by atoms with E-state index < -0.39 is 30.1 Å². The maximum absolute atomic E-state index is 13.3. The second kappa shape index (κ2) is 13.5. The highest BCUT2D eigenvalue weighted by atomic mass is 16.5. The standard InChI is InChI=1S/C28H38N2O8/c1-5-6-8-23(33)30(10-7-12-37-17(2)3)21-15-20(28(35)29-9-11-31)24-19-13-18(16-32)14-22(36-4)26(19)38-27(24)25(21)34/h5,13-17,21,24-25,27,31,34H,1,6-12H2,2-4H3,(H,29,35). The van der Waals surface area contributed by atoms with Gasteiger partial charge in [0.15, 0.2) is 11.5 Å². The van der Waals surface area contributed by atoms with Gasteiger partial charge in [-0.2, -0.15) is 0 Å². The van der Waals surface area contributed by atoms with Gasteiger partial charge < -0.3 is 34.6 Å². The monoisotopic (exact) mass is 530 g/mol. The predicted molar refractivity (Wildman–Crippen MR) is 140 cm³/mol. The van der Waals surface area contributed by atoms with Crippen molar-refractivity contribution < 1.29 is 38.8 Å². The van der Waals surface area contributed by atoms with Crippen LogP contribution in [0.25, 0.3) is 0 Å². The highest BCUT2D eigenvalue weighted by Gasteiger charge is 2.51. The zero-order valence-corrected chi connectivity index (χ0v) is 22.2. The smallest absolute Gasteiger partial charge is 0.247 e. The van der Waals surface area contributed by atoms with Gasteiger partial charge >= 0.3 is 0 Å². The number of amides is 2. The van der Waals surface area contributed by atoms with E-state index in [1.165, 1.54) is 13.2 Å². The van der Waals surface area contributed by atoms with E-state index in [1.807, 2.05) is 13.8 Å². The Morgan fingerprint density at radius 1 is 1.32 bits per heavy atom. The Hall–Kier alpha value is -3.21. The molecule has 0 bridgehead atoms. The van der Waals surface area contributed by atoms with Gasteiger partial charge in [-0.3, -0.25) is 14.4 Å². The van der Waals surface area contributed by atoms with Crippen molar-refractivity contribution in [3.8, 4) is 11.5 Å². The molecular weight excluding hydrogens is 492 g/mol. The van der Waals surface area contributed by atoms with Gasteiger partial charge in [0.1, 0.15) is 18.5 Å². The van der Waals surface area contributed by atoms with E-state index in [1.54, 1.807) is 23.1 Å². The fourth-order valence-electron chi connectivity index (χ4n) is 4.92. The van der Waals surface area contributed by atoms with E-state index in [-0.39, 0.29) is 37.2 Å². The maximum atomic E-state index is 13.3. The molecular formula is C28H38N2O8. The van der Waals surface area contributed by atoms with Crippen LogP contribution in [0, 0.1) is 0 Å². The summed E-state index contributed by atoms with van der Waals surface area (Å²) in [7, 11) is 1.44. The second-order valence-electron chi connectivity index (χ2n) is 9.59. The number of ether oxygens (including phenoxy) is 3. The normalized spacial score (nSPS) is 21.6. The van der Waals surface area contributed by atoms with Gasteiger partial charge in [-0.25, -0.2) is 0 Å². The van der Waals surface area contributed by atoms with Crippen molar-refractivity contribution in [2.45, 2.75) is 63.4 Å². The van der Waals surface area contributed by atoms with Crippen molar-refractivity contribution in [2.75, 3.05) is 33.4 Å². The van der Waals surface area contributed by atoms with E-state index in [4.69, 9.17) is 14.2 Å². The molecule has 0 aromatic heterocycles. The molecule has 4 unspecified atom stereocenters. The highest BCUT2D eigenvalue weighted by molar-refractivity contribution is 5.96. The summed E-state index contributed by atoms with van der Waals surface area (Å²) in [5.74, 6) is -0.719. The molecule has 0 radical (unpaired) electrons. The number of nitrogens with one attached hydrogen (secondary N) is 1. The number of methoxy groups -OCH3 is 1. The van der Waals surface area contributed by atoms with Crippen LogP contribution in [-0.4, -0.2) is 91.0 Å². The number of carbonyl (C=O) groups is 3. The third kappa shape index (κ3) is 6.43. The van der Waals surface area contributed by atoms with E-state index in [2.05, 4.69) is 11.9 Å². The van der Waals surface area contributed by atoms with Gasteiger partial charge in [-0.1, -0.05) is 6.08 Å². The van der Waals surface area contributed by atoms with Crippen LogP contribution in [0.2, 0.25) is 0 Å². The Morgan fingerprint density at radius 2 is 2.08 bits per heavy atom. The molecule has 4 atom stereocenters. The number of aliphatic hydroxyl groups excluding tert-OH is 2. The molecule has 3 N–H and O–H groups in total. The average molecular weight is 531 g/mol. The van der Waals surface area contributed by atoms with Gasteiger partial charge in [0.25, 0.3) is 0 Å². The molecule has 1 heterocycles. The molecule has 0 spiro atoms. The summed E-state index contributed by atoms with van der Waals surface area (Å²) in [5, 5.41) is 23.5. The molecule has 10 heteroatoms. The number of allylic oxidation sites excluding steroid dienone is 1. The van der Waals surface area contributed by atoms with Gasteiger partial charge in [0, 0.05) is 42.8 Å². The summed E-state index contributed by atoms with van der Waals surface area (Å²) in [6.07, 6.45) is 3.09. The number of carbonyl (C=O) groups excluding carboxylic acids is 3. The Morgan fingerprint density at radius 3 is 2.71 bits per heavy atom. The lowest BCUT2D eigenvalue weighted by Crippen LogP contribution is -2.56. The molecule has 1 aliphatic heterocycles. The average Bonchev–Trinajstić information content (AvgIpc) is 3.30. The minimum atomic E-state index is -1.18. The fourth-order valence-corrected chi connectivity index (χ4v) is 4.92. The molecule has 1 aromatic carbocycles. The lowest BCUT2D eigenvalue weighted by atomic mass is 9.77. The number of hydrogen-bond acceptors (Lipinski definition) is 8. The van der Waals surface area contributed by atoms with E-state index in [0.717, 1.165) is 0 Å². The second-order valence-corrected chi connectivity index (χ2v) is 9.59. The topological polar surface area (TPSA) is 135 Å². The number of benzene rings is 1. The zero-order valence-electron chi connectivity index (χ0n) is 22.2. The molecule has 3 rings (SSSR count). The number of aliphatic hydroxyl groups is 2. The maximum Gasteiger partial charge on any atom is 0.247 e. The molecule has 1 aromatic rings. The highest BCUT2D eigenvalue weighted by Crippen LogP contribution is 2.51. The quantitative estimate of drug-likeness (QED) is 0.188. The Bertz CT molecular complexity index is 1050. The molecule has 0 fully saturated rings. The number of rotatable bonds is 14. The lowest BCUT2D eigenvalue weighted by Gasteiger charge is -2.40. The van der Waals surface area contributed by atoms with Crippen molar-refractivity contribution in [3.05, 3.63) is 47.6 Å². The first-order valence-corrected chi connectivity index (χ1v) is 12.9. The summed E-state index contributed by atoms with van der Waals surface area (Å²) in [6.45, 7) is 8.06. The van der Waals surface area contributed by atoms with Crippen molar-refractivity contribution in [1.29, 1.82) is 0 Å². The van der Waals surface area contributed by atoms with E-state index in [9.17, 15) is 24.6 Å². The zero-order chi connectivity index (χ0) is 27.8.